The van der Waals surface area contributed by atoms with Crippen LogP contribution in [0.5, 0.6) is 0 Å². The summed E-state index contributed by atoms with van der Waals surface area (Å²) in [4.78, 5) is 0. The molecule has 2 N–H and O–H groups in total. The molecule has 0 saturated carbocycles. The molecule has 0 radical (unpaired) electrons. The van der Waals surface area contributed by atoms with E-state index in [4.69, 9.17) is 8.98 Å². The van der Waals surface area contributed by atoms with Gasteiger partial charge in [0.05, 0.1) is 0 Å². The van der Waals surface area contributed by atoms with E-state index in [9.17, 15) is 0 Å². The SMILES string of the molecule is CCCCN.[O]=[Ag]. The number of unbranched alkanes of at least 4 members (excludes halogenated alkanes) is 1. The Morgan fingerprint density at radius 1 is 1.57 bits per heavy atom. The van der Waals surface area contributed by atoms with Crippen molar-refractivity contribution in [1.29, 1.82) is 0 Å². The topological polar surface area (TPSA) is 43.1 Å². The minimum atomic E-state index is 0.844. The van der Waals surface area contributed by atoms with Gasteiger partial charge in [-0.3, -0.25) is 0 Å². The van der Waals surface area contributed by atoms with E-state index in [1.54, 1.807) is 21.0 Å². The molecule has 0 aromatic heterocycles. The van der Waals surface area contributed by atoms with Crippen LogP contribution in [0.4, 0.5) is 0 Å². The summed E-state index contributed by atoms with van der Waals surface area (Å²) in [6.45, 7) is 2.98. The molecule has 2 nitrogen and oxygen atoms in total. The number of rotatable bonds is 2. The summed E-state index contributed by atoms with van der Waals surface area (Å²) in [6.07, 6.45) is 2.39. The average Bonchev–Trinajstić information content (AvgIpc) is 1.75. The van der Waals surface area contributed by atoms with Gasteiger partial charge in [-0.25, -0.2) is 0 Å². The van der Waals surface area contributed by atoms with Gasteiger partial charge in [-0.15, -0.1) is 0 Å². The van der Waals surface area contributed by atoms with Crippen LogP contribution in [-0.4, -0.2) is 6.54 Å². The molecule has 0 aromatic rings. The van der Waals surface area contributed by atoms with Gasteiger partial charge in [0.2, 0.25) is 0 Å². The molecule has 0 amide bonds. The van der Waals surface area contributed by atoms with Crippen molar-refractivity contribution in [3.63, 3.8) is 0 Å². The van der Waals surface area contributed by atoms with Crippen LogP contribution in [0.15, 0.2) is 0 Å². The van der Waals surface area contributed by atoms with Crippen LogP contribution in [0.3, 0.4) is 0 Å². The van der Waals surface area contributed by atoms with E-state index in [0.717, 1.165) is 6.54 Å². The summed E-state index contributed by atoms with van der Waals surface area (Å²) in [6, 6.07) is 0. The monoisotopic (exact) mass is 196 g/mol. The Morgan fingerprint density at radius 2 is 2.00 bits per heavy atom. The number of hydrogen-bond donors (Lipinski definition) is 1. The van der Waals surface area contributed by atoms with Gasteiger partial charge in [0.15, 0.2) is 0 Å². The van der Waals surface area contributed by atoms with E-state index >= 15 is 0 Å². The van der Waals surface area contributed by atoms with Crippen molar-refractivity contribution >= 4 is 0 Å². The van der Waals surface area contributed by atoms with E-state index in [1.807, 2.05) is 0 Å². The molecule has 0 aliphatic rings. The fourth-order valence-corrected chi connectivity index (χ4v) is 0.204. The van der Waals surface area contributed by atoms with Gasteiger partial charge < -0.3 is 5.73 Å². The Bertz CT molecular complexity index is 25.7. The molecule has 0 bridgehead atoms. The average molecular weight is 197 g/mol. The molecular weight excluding hydrogens is 186 g/mol. The maximum atomic E-state index is 8.06. The standard InChI is InChI=1S/C4H11N.Ag.O/c1-2-3-4-5;;/h2-5H2,1H3;;. The van der Waals surface area contributed by atoms with Crippen molar-refractivity contribution in [3.05, 3.63) is 0 Å². The van der Waals surface area contributed by atoms with Gasteiger partial charge in [-0.05, 0) is 13.0 Å². The van der Waals surface area contributed by atoms with Crippen LogP contribution in [-0.2, 0) is 24.3 Å². The first-order valence-electron chi connectivity index (χ1n) is 2.24. The molecule has 0 aromatic carbocycles. The molecule has 3 heteroatoms. The van der Waals surface area contributed by atoms with Crippen LogP contribution in [0.1, 0.15) is 19.8 Å². The first-order valence-corrected chi connectivity index (χ1v) is 2.84. The zero-order chi connectivity index (χ0) is 6.12. The summed E-state index contributed by atoms with van der Waals surface area (Å²) < 4.78 is 8.06. The molecule has 0 heterocycles. The van der Waals surface area contributed by atoms with Gasteiger partial charge in [-0.1, -0.05) is 13.3 Å². The van der Waals surface area contributed by atoms with Crippen molar-refractivity contribution in [1.82, 2.24) is 0 Å². The first-order chi connectivity index (χ1) is 3.41. The molecule has 0 unspecified atom stereocenters. The van der Waals surface area contributed by atoms with E-state index < -0.39 is 0 Å². The normalized spacial score (nSPS) is 6.86. The molecular formula is C4H11AgNO. The predicted octanol–water partition coefficient (Wildman–Crippen LogP) is 0.624. The molecule has 7 heavy (non-hydrogen) atoms. The van der Waals surface area contributed by atoms with Gasteiger partial charge in [0, 0.05) is 0 Å². The molecule has 0 aliphatic carbocycles. The molecule has 0 rings (SSSR count). The van der Waals surface area contributed by atoms with Crippen molar-refractivity contribution in [2.45, 2.75) is 19.8 Å². The third-order valence-corrected chi connectivity index (χ3v) is 0.558. The third kappa shape index (κ3) is 21.1. The van der Waals surface area contributed by atoms with Crippen molar-refractivity contribution in [3.8, 4) is 0 Å². The number of hydrogen-bond acceptors (Lipinski definition) is 2. The first kappa shape index (κ1) is 10.5. The van der Waals surface area contributed by atoms with Gasteiger partial charge in [0.25, 0.3) is 0 Å². The van der Waals surface area contributed by atoms with Crippen LogP contribution in [0.25, 0.3) is 0 Å². The minimum absolute atomic E-state index is 0.844. The van der Waals surface area contributed by atoms with Crippen LogP contribution in [0.2, 0.25) is 0 Å². The summed E-state index contributed by atoms with van der Waals surface area (Å²) in [5.74, 6) is 0. The quantitative estimate of drug-likeness (QED) is 0.659. The molecule has 0 atom stereocenters. The third-order valence-electron chi connectivity index (χ3n) is 0.558. The fraction of sp³-hybridized carbons (Fsp3) is 1.00. The zero-order valence-electron chi connectivity index (χ0n) is 4.41. The van der Waals surface area contributed by atoms with E-state index in [-0.39, 0.29) is 0 Å². The number of nitrogens with two attached hydrogens (primary N) is 1. The Hall–Kier alpha value is 0.500. The zero-order valence-corrected chi connectivity index (χ0v) is 5.89. The Balaban J connectivity index is 0. The summed E-state index contributed by atoms with van der Waals surface area (Å²) in [5, 5.41) is 0. The van der Waals surface area contributed by atoms with Gasteiger partial charge >= 0.3 is 24.3 Å². The second kappa shape index (κ2) is 16.1. The molecule has 49 valence electrons. The van der Waals surface area contributed by atoms with Crippen LogP contribution >= 0.6 is 0 Å². The van der Waals surface area contributed by atoms with Crippen LogP contribution in [0, 0.1) is 0 Å². The van der Waals surface area contributed by atoms with E-state index in [1.165, 1.54) is 12.8 Å². The predicted molar refractivity (Wildman–Crippen MR) is 24.6 cm³/mol. The molecule has 0 spiro atoms. The van der Waals surface area contributed by atoms with Gasteiger partial charge in [0.1, 0.15) is 0 Å². The van der Waals surface area contributed by atoms with Gasteiger partial charge in [-0.2, -0.15) is 0 Å². The maximum absolute atomic E-state index is 8.06. The summed E-state index contributed by atoms with van der Waals surface area (Å²) in [5.41, 5.74) is 5.14. The molecule has 0 fully saturated rings. The summed E-state index contributed by atoms with van der Waals surface area (Å²) in [7, 11) is 0. The Kier molecular flexibility index (Phi) is 24.0. The van der Waals surface area contributed by atoms with E-state index in [2.05, 4.69) is 6.92 Å². The molecule has 0 aliphatic heterocycles. The second-order valence-electron chi connectivity index (χ2n) is 1.14. The second-order valence-corrected chi connectivity index (χ2v) is 1.14. The Morgan fingerprint density at radius 3 is 2.00 bits per heavy atom. The van der Waals surface area contributed by atoms with Crippen LogP contribution < -0.4 is 5.73 Å². The Labute approximate surface area is 56.7 Å². The molecule has 0 saturated heterocycles. The van der Waals surface area contributed by atoms with E-state index in [0.29, 0.717) is 0 Å². The van der Waals surface area contributed by atoms with Crippen molar-refractivity contribution < 1.29 is 24.3 Å². The van der Waals surface area contributed by atoms with Crippen molar-refractivity contribution in [2.24, 2.45) is 5.73 Å². The van der Waals surface area contributed by atoms with Crippen molar-refractivity contribution in [2.75, 3.05) is 6.54 Å². The fourth-order valence-electron chi connectivity index (χ4n) is 0.204. The summed E-state index contributed by atoms with van der Waals surface area (Å²) >= 11 is 1.70.